The van der Waals surface area contributed by atoms with Crippen molar-refractivity contribution in [2.75, 3.05) is 25.5 Å². The lowest BCUT2D eigenvalue weighted by Gasteiger charge is -2.12. The molecule has 1 aromatic heterocycles. The maximum Gasteiger partial charge on any atom is 0.251 e. The Balaban J connectivity index is 1.63. The predicted molar refractivity (Wildman–Crippen MR) is 101 cm³/mol. The second kappa shape index (κ2) is 7.21. The van der Waals surface area contributed by atoms with Crippen LogP contribution in [0.25, 0.3) is 10.9 Å². The van der Waals surface area contributed by atoms with Gasteiger partial charge in [-0.25, -0.2) is 0 Å². The maximum atomic E-state index is 12.2. The molecule has 0 saturated carbocycles. The molecule has 3 rings (SSSR count). The lowest BCUT2D eigenvalue weighted by molar-refractivity contribution is 0.0954. The van der Waals surface area contributed by atoms with Crippen LogP contribution in [0.4, 0.5) is 5.69 Å². The Morgan fingerprint density at radius 3 is 2.52 bits per heavy atom. The van der Waals surface area contributed by atoms with Gasteiger partial charge in [-0.1, -0.05) is 18.2 Å². The van der Waals surface area contributed by atoms with E-state index in [0.717, 1.165) is 16.6 Å². The number of anilines is 1. The van der Waals surface area contributed by atoms with Crippen LogP contribution in [0, 0.1) is 0 Å². The maximum absolute atomic E-state index is 12.2. The van der Waals surface area contributed by atoms with Crippen LogP contribution in [0.2, 0.25) is 0 Å². The molecule has 0 aliphatic rings. The van der Waals surface area contributed by atoms with E-state index >= 15 is 0 Å². The molecule has 0 bridgehead atoms. The Hall–Kier alpha value is -3.08. The van der Waals surface area contributed by atoms with Gasteiger partial charge in [0.15, 0.2) is 0 Å². The van der Waals surface area contributed by atoms with E-state index in [-0.39, 0.29) is 11.5 Å². The first-order chi connectivity index (χ1) is 12.0. The molecule has 0 atom stereocenters. The first kappa shape index (κ1) is 16.8. The Morgan fingerprint density at radius 2 is 1.80 bits per heavy atom. The quantitative estimate of drug-likeness (QED) is 0.753. The standard InChI is InChI=1S/C20H21N3O2/c1-23(2)17-9-7-14(8-10-17)19(24)21-12-11-16-13-15-5-3-4-6-18(15)22-20(16)25/h3-10,13H,11-12H2,1-2H3,(H,21,24)(H,22,25). The normalized spacial score (nSPS) is 10.6. The number of carbonyl (C=O) groups excluding carboxylic acids is 1. The van der Waals surface area contributed by atoms with E-state index < -0.39 is 0 Å². The van der Waals surface area contributed by atoms with Gasteiger partial charge in [0.25, 0.3) is 11.5 Å². The lowest BCUT2D eigenvalue weighted by Crippen LogP contribution is -2.27. The molecule has 0 aliphatic carbocycles. The van der Waals surface area contributed by atoms with E-state index in [4.69, 9.17) is 0 Å². The summed E-state index contributed by atoms with van der Waals surface area (Å²) < 4.78 is 0. The molecule has 2 N–H and O–H groups in total. The molecule has 3 aromatic rings. The zero-order valence-electron chi connectivity index (χ0n) is 14.4. The van der Waals surface area contributed by atoms with Crippen LogP contribution in [-0.2, 0) is 6.42 Å². The van der Waals surface area contributed by atoms with Crippen LogP contribution in [0.3, 0.4) is 0 Å². The molecule has 0 fully saturated rings. The van der Waals surface area contributed by atoms with Crippen molar-refractivity contribution in [3.8, 4) is 0 Å². The van der Waals surface area contributed by atoms with Crippen molar-refractivity contribution in [3.05, 3.63) is 76.1 Å². The monoisotopic (exact) mass is 335 g/mol. The number of benzene rings is 2. The fourth-order valence-electron chi connectivity index (χ4n) is 2.70. The number of H-pyrrole nitrogens is 1. The first-order valence-corrected chi connectivity index (χ1v) is 8.21. The Labute approximate surface area is 146 Å². The van der Waals surface area contributed by atoms with E-state index in [1.54, 1.807) is 12.1 Å². The molecule has 128 valence electrons. The summed E-state index contributed by atoms with van der Waals surface area (Å²) in [7, 11) is 3.91. The van der Waals surface area contributed by atoms with Gasteiger partial charge in [0.1, 0.15) is 0 Å². The number of rotatable bonds is 5. The number of aromatic amines is 1. The average molecular weight is 335 g/mol. The van der Waals surface area contributed by atoms with Crippen molar-refractivity contribution in [2.24, 2.45) is 0 Å². The molecule has 1 heterocycles. The van der Waals surface area contributed by atoms with Crippen molar-refractivity contribution in [1.82, 2.24) is 10.3 Å². The molecule has 0 saturated heterocycles. The van der Waals surface area contributed by atoms with Crippen molar-refractivity contribution in [2.45, 2.75) is 6.42 Å². The van der Waals surface area contributed by atoms with E-state index in [2.05, 4.69) is 10.3 Å². The van der Waals surface area contributed by atoms with Gasteiger partial charge in [0.05, 0.1) is 0 Å². The minimum Gasteiger partial charge on any atom is -0.378 e. The van der Waals surface area contributed by atoms with Crippen LogP contribution in [0.1, 0.15) is 15.9 Å². The van der Waals surface area contributed by atoms with Gasteiger partial charge in [-0.05, 0) is 48.2 Å². The highest BCUT2D eigenvalue weighted by molar-refractivity contribution is 5.94. The van der Waals surface area contributed by atoms with Crippen molar-refractivity contribution < 1.29 is 4.79 Å². The van der Waals surface area contributed by atoms with Gasteiger partial charge >= 0.3 is 0 Å². The number of carbonyl (C=O) groups is 1. The number of amides is 1. The van der Waals surface area contributed by atoms with Gasteiger partial charge in [0.2, 0.25) is 0 Å². The number of aromatic nitrogens is 1. The van der Waals surface area contributed by atoms with E-state index in [1.165, 1.54) is 0 Å². The van der Waals surface area contributed by atoms with Gasteiger partial charge < -0.3 is 15.2 Å². The largest absolute Gasteiger partial charge is 0.378 e. The highest BCUT2D eigenvalue weighted by Crippen LogP contribution is 2.12. The van der Waals surface area contributed by atoms with Crippen molar-refractivity contribution in [3.63, 3.8) is 0 Å². The number of fused-ring (bicyclic) bond motifs is 1. The van der Waals surface area contributed by atoms with E-state index in [0.29, 0.717) is 24.1 Å². The molecule has 0 aliphatic heterocycles. The van der Waals surface area contributed by atoms with Gasteiger partial charge in [0, 0.05) is 43.0 Å². The van der Waals surface area contributed by atoms with Crippen LogP contribution in [0.15, 0.2) is 59.4 Å². The number of para-hydroxylation sites is 1. The number of hydrogen-bond acceptors (Lipinski definition) is 3. The SMILES string of the molecule is CN(C)c1ccc(C(=O)NCCc2cc3ccccc3[nH]c2=O)cc1. The zero-order valence-corrected chi connectivity index (χ0v) is 14.4. The molecule has 0 unspecified atom stereocenters. The number of hydrogen-bond donors (Lipinski definition) is 2. The fraction of sp³-hybridized carbons (Fsp3) is 0.200. The lowest BCUT2D eigenvalue weighted by atomic mass is 10.1. The number of nitrogens with one attached hydrogen (secondary N) is 2. The highest BCUT2D eigenvalue weighted by atomic mass is 16.1. The Bertz CT molecular complexity index is 943. The second-order valence-electron chi connectivity index (χ2n) is 6.16. The third-order valence-electron chi connectivity index (χ3n) is 4.16. The fourth-order valence-corrected chi connectivity index (χ4v) is 2.70. The highest BCUT2D eigenvalue weighted by Gasteiger charge is 2.07. The first-order valence-electron chi connectivity index (χ1n) is 8.21. The van der Waals surface area contributed by atoms with Crippen LogP contribution in [0.5, 0.6) is 0 Å². The van der Waals surface area contributed by atoms with Crippen molar-refractivity contribution in [1.29, 1.82) is 0 Å². The molecule has 5 nitrogen and oxygen atoms in total. The summed E-state index contributed by atoms with van der Waals surface area (Å²) in [6.45, 7) is 0.412. The Kier molecular flexibility index (Phi) is 4.84. The minimum atomic E-state index is -0.137. The second-order valence-corrected chi connectivity index (χ2v) is 6.16. The summed E-state index contributed by atoms with van der Waals surface area (Å²) in [4.78, 5) is 29.2. The molecule has 0 spiro atoms. The summed E-state index contributed by atoms with van der Waals surface area (Å²) in [5, 5.41) is 3.85. The Morgan fingerprint density at radius 1 is 1.08 bits per heavy atom. The third-order valence-corrected chi connectivity index (χ3v) is 4.16. The molecule has 5 heteroatoms. The van der Waals surface area contributed by atoms with Crippen LogP contribution >= 0.6 is 0 Å². The predicted octanol–water partition coefficient (Wildman–Crippen LogP) is 2.57. The molecule has 1 amide bonds. The van der Waals surface area contributed by atoms with Gasteiger partial charge in [-0.15, -0.1) is 0 Å². The number of nitrogens with zero attached hydrogens (tertiary/aromatic N) is 1. The van der Waals surface area contributed by atoms with Gasteiger partial charge in [-0.2, -0.15) is 0 Å². The minimum absolute atomic E-state index is 0.108. The van der Waals surface area contributed by atoms with E-state index in [9.17, 15) is 9.59 Å². The van der Waals surface area contributed by atoms with Gasteiger partial charge in [-0.3, -0.25) is 9.59 Å². The molecule has 25 heavy (non-hydrogen) atoms. The molecule has 0 radical (unpaired) electrons. The topological polar surface area (TPSA) is 65.2 Å². The number of pyridine rings is 1. The third kappa shape index (κ3) is 3.88. The van der Waals surface area contributed by atoms with Crippen LogP contribution in [-0.4, -0.2) is 31.5 Å². The average Bonchev–Trinajstić information content (AvgIpc) is 2.62. The van der Waals surface area contributed by atoms with E-state index in [1.807, 2.05) is 61.5 Å². The summed E-state index contributed by atoms with van der Waals surface area (Å²) >= 11 is 0. The van der Waals surface area contributed by atoms with Crippen molar-refractivity contribution >= 4 is 22.5 Å². The van der Waals surface area contributed by atoms with Crippen LogP contribution < -0.4 is 15.8 Å². The summed E-state index contributed by atoms with van der Waals surface area (Å²) in [6.07, 6.45) is 0.488. The zero-order chi connectivity index (χ0) is 17.8. The summed E-state index contributed by atoms with van der Waals surface area (Å²) in [5.41, 5.74) is 3.03. The molecule has 2 aromatic carbocycles. The molecular weight excluding hydrogens is 314 g/mol. The summed E-state index contributed by atoms with van der Waals surface area (Å²) in [5.74, 6) is -0.137. The smallest absolute Gasteiger partial charge is 0.251 e. The molecular formula is C20H21N3O2. The summed E-state index contributed by atoms with van der Waals surface area (Å²) in [6, 6.07) is 16.9.